The number of anilines is 1. The Morgan fingerprint density at radius 2 is 1.73 bits per heavy atom. The second-order valence-corrected chi connectivity index (χ2v) is 11.6. The first-order valence-electron chi connectivity index (χ1n) is 13.3. The van der Waals surface area contributed by atoms with Crippen LogP contribution in [0.3, 0.4) is 0 Å². The van der Waals surface area contributed by atoms with Crippen LogP contribution in [0, 0.1) is 11.3 Å². The molecule has 1 aliphatic heterocycles. The lowest BCUT2D eigenvalue weighted by atomic mass is 9.64. The molecule has 1 unspecified atom stereocenters. The van der Waals surface area contributed by atoms with Crippen LogP contribution in [0.15, 0.2) is 18.2 Å². The van der Waals surface area contributed by atoms with E-state index in [1.807, 2.05) is 6.07 Å². The molecule has 3 fully saturated rings. The molecule has 0 bridgehead atoms. The van der Waals surface area contributed by atoms with Crippen LogP contribution in [-0.2, 0) is 5.92 Å². The molecule has 3 aliphatic rings. The SMILES string of the molecule is CC(C)CCN1CCN(C2(CNc3cccc(C(C)(F)F)n3)CCCC3(CCCC3)C2)CC1. The molecule has 1 saturated heterocycles. The maximum atomic E-state index is 13.8. The highest BCUT2D eigenvalue weighted by atomic mass is 19.3. The minimum Gasteiger partial charge on any atom is -0.368 e. The normalized spacial score (nSPS) is 26.8. The molecule has 0 aromatic carbocycles. The van der Waals surface area contributed by atoms with Gasteiger partial charge < -0.3 is 10.2 Å². The third-order valence-corrected chi connectivity index (χ3v) is 8.58. The molecule has 4 rings (SSSR count). The monoisotopic (exact) mass is 462 g/mol. The first kappa shape index (κ1) is 24.8. The van der Waals surface area contributed by atoms with E-state index < -0.39 is 5.92 Å². The Balaban J connectivity index is 1.48. The van der Waals surface area contributed by atoms with Crippen molar-refractivity contribution in [1.29, 1.82) is 0 Å². The molecule has 2 saturated carbocycles. The summed E-state index contributed by atoms with van der Waals surface area (Å²) in [5, 5.41) is 3.52. The fourth-order valence-corrected chi connectivity index (χ4v) is 6.67. The second kappa shape index (κ2) is 10.2. The van der Waals surface area contributed by atoms with Gasteiger partial charge in [0.1, 0.15) is 11.5 Å². The first-order valence-corrected chi connectivity index (χ1v) is 13.3. The molecule has 2 aliphatic carbocycles. The van der Waals surface area contributed by atoms with E-state index >= 15 is 0 Å². The van der Waals surface area contributed by atoms with Crippen LogP contribution >= 0.6 is 0 Å². The molecule has 1 spiro atoms. The zero-order valence-electron chi connectivity index (χ0n) is 21.0. The minimum absolute atomic E-state index is 0.0964. The van der Waals surface area contributed by atoms with Gasteiger partial charge in [0.05, 0.1) is 0 Å². The summed E-state index contributed by atoms with van der Waals surface area (Å²) in [6.07, 6.45) is 11.8. The molecule has 1 N–H and O–H groups in total. The van der Waals surface area contributed by atoms with Crippen molar-refractivity contribution in [3.8, 4) is 0 Å². The molecule has 4 nitrogen and oxygen atoms in total. The molecule has 1 aromatic rings. The first-order chi connectivity index (χ1) is 15.7. The number of aromatic nitrogens is 1. The lowest BCUT2D eigenvalue weighted by Gasteiger charge is -2.54. The summed E-state index contributed by atoms with van der Waals surface area (Å²) in [6.45, 7) is 12.0. The summed E-state index contributed by atoms with van der Waals surface area (Å²) in [4.78, 5) is 9.64. The Labute approximate surface area is 199 Å². The summed E-state index contributed by atoms with van der Waals surface area (Å²) in [7, 11) is 0. The Kier molecular flexibility index (Phi) is 7.64. The zero-order valence-corrected chi connectivity index (χ0v) is 21.0. The van der Waals surface area contributed by atoms with E-state index in [4.69, 9.17) is 0 Å². The van der Waals surface area contributed by atoms with Gasteiger partial charge in [-0.15, -0.1) is 0 Å². The van der Waals surface area contributed by atoms with Crippen LogP contribution in [0.5, 0.6) is 0 Å². The van der Waals surface area contributed by atoms with Gasteiger partial charge in [0.15, 0.2) is 0 Å². The minimum atomic E-state index is -2.92. The van der Waals surface area contributed by atoms with Crippen molar-refractivity contribution in [3.05, 3.63) is 23.9 Å². The van der Waals surface area contributed by atoms with E-state index in [0.29, 0.717) is 11.2 Å². The van der Waals surface area contributed by atoms with Crippen LogP contribution in [0.2, 0.25) is 0 Å². The third kappa shape index (κ3) is 6.05. The van der Waals surface area contributed by atoms with Crippen LogP contribution in [-0.4, -0.2) is 59.6 Å². The number of pyridine rings is 1. The maximum Gasteiger partial charge on any atom is 0.287 e. The van der Waals surface area contributed by atoms with Crippen LogP contribution < -0.4 is 5.32 Å². The van der Waals surface area contributed by atoms with E-state index in [1.165, 1.54) is 70.4 Å². The Hall–Kier alpha value is -1.27. The predicted molar refractivity (Wildman–Crippen MR) is 132 cm³/mol. The van der Waals surface area contributed by atoms with Gasteiger partial charge >= 0.3 is 0 Å². The Bertz CT molecular complexity index is 764. The molecular formula is C27H44F2N4. The summed E-state index contributed by atoms with van der Waals surface area (Å²) >= 11 is 0. The molecule has 0 amide bonds. The van der Waals surface area contributed by atoms with Crippen LogP contribution in [0.4, 0.5) is 14.6 Å². The molecule has 0 radical (unpaired) electrons. The van der Waals surface area contributed by atoms with Crippen molar-refractivity contribution in [2.24, 2.45) is 11.3 Å². The van der Waals surface area contributed by atoms with Gasteiger partial charge in [-0.3, -0.25) is 4.90 Å². The zero-order chi connectivity index (χ0) is 23.5. The fraction of sp³-hybridized carbons (Fsp3) is 0.815. The van der Waals surface area contributed by atoms with Crippen molar-refractivity contribution in [3.63, 3.8) is 0 Å². The average Bonchev–Trinajstić information content (AvgIpc) is 3.23. The lowest BCUT2D eigenvalue weighted by Crippen LogP contribution is -2.62. The van der Waals surface area contributed by atoms with E-state index in [2.05, 4.69) is 33.9 Å². The molecule has 1 atom stereocenters. The van der Waals surface area contributed by atoms with Gasteiger partial charge in [0.25, 0.3) is 5.92 Å². The van der Waals surface area contributed by atoms with Gasteiger partial charge in [-0.05, 0) is 68.5 Å². The largest absolute Gasteiger partial charge is 0.368 e. The smallest absolute Gasteiger partial charge is 0.287 e. The molecule has 33 heavy (non-hydrogen) atoms. The van der Waals surface area contributed by atoms with Crippen molar-refractivity contribution in [1.82, 2.24) is 14.8 Å². The number of nitrogens with one attached hydrogen (secondary N) is 1. The highest BCUT2D eigenvalue weighted by Gasteiger charge is 2.49. The summed E-state index contributed by atoms with van der Waals surface area (Å²) in [5.41, 5.74) is 0.427. The van der Waals surface area contributed by atoms with Crippen LogP contribution in [0.25, 0.3) is 0 Å². The van der Waals surface area contributed by atoms with Gasteiger partial charge in [0.2, 0.25) is 0 Å². The van der Waals surface area contributed by atoms with Crippen molar-refractivity contribution < 1.29 is 8.78 Å². The Morgan fingerprint density at radius 3 is 2.39 bits per heavy atom. The number of rotatable bonds is 8. The maximum absolute atomic E-state index is 13.8. The fourth-order valence-electron chi connectivity index (χ4n) is 6.67. The molecular weight excluding hydrogens is 418 g/mol. The Morgan fingerprint density at radius 1 is 1.03 bits per heavy atom. The van der Waals surface area contributed by atoms with Gasteiger partial charge in [-0.25, -0.2) is 4.98 Å². The molecule has 6 heteroatoms. The number of alkyl halides is 2. The van der Waals surface area contributed by atoms with Crippen molar-refractivity contribution in [2.45, 2.75) is 90.0 Å². The molecule has 186 valence electrons. The number of piperazine rings is 1. The van der Waals surface area contributed by atoms with Gasteiger partial charge in [0, 0.05) is 45.2 Å². The van der Waals surface area contributed by atoms with E-state index in [1.54, 1.807) is 6.07 Å². The standard InChI is InChI=1S/C27H44F2N4/c1-22(2)10-15-32-16-18-33(19-17-32)27(14-7-13-26(20-27)11-4-5-12-26)21-30-24-9-6-8-23(31-24)25(3,28)29/h6,8-9,22H,4-5,7,10-21H2,1-3H3,(H,30,31). The number of hydrogen-bond donors (Lipinski definition) is 1. The third-order valence-electron chi connectivity index (χ3n) is 8.58. The lowest BCUT2D eigenvalue weighted by molar-refractivity contribution is -0.0253. The van der Waals surface area contributed by atoms with Crippen molar-refractivity contribution >= 4 is 5.82 Å². The highest BCUT2D eigenvalue weighted by molar-refractivity contribution is 5.37. The van der Waals surface area contributed by atoms with Gasteiger partial charge in [-0.2, -0.15) is 8.78 Å². The van der Waals surface area contributed by atoms with Gasteiger partial charge in [-0.1, -0.05) is 39.2 Å². The summed E-state index contributed by atoms with van der Waals surface area (Å²) in [5.74, 6) is -1.59. The van der Waals surface area contributed by atoms with Crippen molar-refractivity contribution in [2.75, 3.05) is 44.6 Å². The predicted octanol–water partition coefficient (Wildman–Crippen LogP) is 6.14. The average molecular weight is 463 g/mol. The number of hydrogen-bond acceptors (Lipinski definition) is 4. The summed E-state index contributed by atoms with van der Waals surface area (Å²) in [6, 6.07) is 4.95. The quantitative estimate of drug-likeness (QED) is 0.503. The van der Waals surface area contributed by atoms with Crippen LogP contribution in [0.1, 0.15) is 84.3 Å². The summed E-state index contributed by atoms with van der Waals surface area (Å²) < 4.78 is 27.7. The molecule has 1 aromatic heterocycles. The second-order valence-electron chi connectivity index (χ2n) is 11.6. The molecule has 2 heterocycles. The topological polar surface area (TPSA) is 31.4 Å². The number of nitrogens with zero attached hydrogens (tertiary/aromatic N) is 3. The highest BCUT2D eigenvalue weighted by Crippen LogP contribution is 2.53. The van der Waals surface area contributed by atoms with E-state index in [0.717, 1.165) is 45.6 Å². The van der Waals surface area contributed by atoms with E-state index in [9.17, 15) is 8.78 Å². The van der Waals surface area contributed by atoms with E-state index in [-0.39, 0.29) is 11.2 Å². The number of halogens is 2.